The van der Waals surface area contributed by atoms with Gasteiger partial charge < -0.3 is 5.32 Å². The van der Waals surface area contributed by atoms with Gasteiger partial charge in [0.2, 0.25) is 10.0 Å². The maximum atomic E-state index is 12.5. The van der Waals surface area contributed by atoms with Crippen molar-refractivity contribution in [3.63, 3.8) is 0 Å². The van der Waals surface area contributed by atoms with Crippen LogP contribution in [-0.2, 0) is 10.0 Å². The maximum Gasteiger partial charge on any atom is 0.256 e. The predicted molar refractivity (Wildman–Crippen MR) is 101 cm³/mol. The molecule has 0 radical (unpaired) electrons. The number of sulfonamides is 1. The van der Waals surface area contributed by atoms with Crippen LogP contribution in [0.3, 0.4) is 0 Å². The van der Waals surface area contributed by atoms with Gasteiger partial charge in [-0.05, 0) is 24.3 Å². The number of nitrogens with one attached hydrogen (secondary N) is 1. The number of carbonyl (C=O) groups excluding carboxylic acids is 1. The summed E-state index contributed by atoms with van der Waals surface area (Å²) in [5.74, 6) is 0.309. The molecule has 3 aromatic rings. The summed E-state index contributed by atoms with van der Waals surface area (Å²) in [6.07, 6.45) is 4.14. The van der Waals surface area contributed by atoms with Gasteiger partial charge in [-0.15, -0.1) is 0 Å². The van der Waals surface area contributed by atoms with Crippen molar-refractivity contribution in [3.8, 4) is 5.82 Å². The van der Waals surface area contributed by atoms with Crippen LogP contribution in [0.2, 0.25) is 0 Å². The number of benzene rings is 1. The zero-order chi connectivity index (χ0) is 20.1. The first kappa shape index (κ1) is 19.6. The molecular formula is C17H19N7O3S. The fourth-order valence-corrected chi connectivity index (χ4v) is 4.00. The number of carbonyl (C=O) groups is 1. The fraction of sp³-hybridized carbons (Fsp3) is 0.235. The topological polar surface area (TPSA) is 123 Å². The molecular weight excluding hydrogens is 382 g/mol. The molecule has 0 bridgehead atoms. The Hall–Kier alpha value is -3.18. The molecule has 0 saturated heterocycles. The Kier molecular flexibility index (Phi) is 5.76. The molecule has 2 heterocycles. The van der Waals surface area contributed by atoms with Crippen LogP contribution in [-0.4, -0.2) is 56.5 Å². The molecule has 0 atom stereocenters. The van der Waals surface area contributed by atoms with Crippen LogP contribution in [0, 0.1) is 0 Å². The average Bonchev–Trinajstić information content (AvgIpc) is 3.24. The van der Waals surface area contributed by atoms with Gasteiger partial charge in [0.25, 0.3) is 5.91 Å². The first-order valence-corrected chi connectivity index (χ1v) is 9.98. The summed E-state index contributed by atoms with van der Waals surface area (Å²) >= 11 is 0. The predicted octanol–water partition coefficient (Wildman–Crippen LogP) is 1.34. The first-order valence-electron chi connectivity index (χ1n) is 8.54. The van der Waals surface area contributed by atoms with Crippen molar-refractivity contribution in [1.82, 2.24) is 29.0 Å². The van der Waals surface area contributed by atoms with Crippen molar-refractivity contribution in [3.05, 3.63) is 54.9 Å². The lowest BCUT2D eigenvalue weighted by Crippen LogP contribution is -2.30. The highest BCUT2D eigenvalue weighted by molar-refractivity contribution is 7.89. The van der Waals surface area contributed by atoms with E-state index in [1.165, 1.54) is 52.2 Å². The summed E-state index contributed by atoms with van der Waals surface area (Å²) in [4.78, 5) is 24.5. The number of amides is 1. The average molecular weight is 401 g/mol. The third-order valence-corrected chi connectivity index (χ3v) is 6.07. The summed E-state index contributed by atoms with van der Waals surface area (Å²) in [5.41, 5.74) is 0.305. The Balaban J connectivity index is 1.76. The maximum absolute atomic E-state index is 12.5. The molecule has 11 heteroatoms. The lowest BCUT2D eigenvalue weighted by atomic mass is 10.2. The van der Waals surface area contributed by atoms with Crippen LogP contribution in [0.1, 0.15) is 24.2 Å². The molecule has 0 aliphatic rings. The molecule has 0 unspecified atom stereocenters. The number of rotatable bonds is 7. The van der Waals surface area contributed by atoms with Gasteiger partial charge in [-0.2, -0.15) is 9.40 Å². The molecule has 10 nitrogen and oxygen atoms in total. The van der Waals surface area contributed by atoms with E-state index in [-0.39, 0.29) is 10.7 Å². The normalized spacial score (nSPS) is 11.5. The molecule has 146 valence electrons. The third kappa shape index (κ3) is 4.05. The zero-order valence-electron chi connectivity index (χ0n) is 15.3. The van der Waals surface area contributed by atoms with Gasteiger partial charge in [0.15, 0.2) is 5.82 Å². The van der Waals surface area contributed by atoms with Gasteiger partial charge in [-0.3, -0.25) is 4.79 Å². The van der Waals surface area contributed by atoms with E-state index >= 15 is 0 Å². The Morgan fingerprint density at radius 2 is 1.82 bits per heavy atom. The largest absolute Gasteiger partial charge is 0.306 e. The Morgan fingerprint density at radius 1 is 1.11 bits per heavy atom. The van der Waals surface area contributed by atoms with Gasteiger partial charge in [-0.25, -0.2) is 28.1 Å². The first-order chi connectivity index (χ1) is 13.5. The molecule has 0 spiro atoms. The van der Waals surface area contributed by atoms with E-state index in [4.69, 9.17) is 0 Å². The lowest BCUT2D eigenvalue weighted by molar-refractivity contribution is 0.102. The molecule has 0 aliphatic heterocycles. The molecule has 28 heavy (non-hydrogen) atoms. The highest BCUT2D eigenvalue weighted by Gasteiger charge is 2.21. The van der Waals surface area contributed by atoms with E-state index in [0.29, 0.717) is 24.5 Å². The van der Waals surface area contributed by atoms with Crippen LogP contribution in [0.15, 0.2) is 54.2 Å². The highest BCUT2D eigenvalue weighted by Crippen LogP contribution is 2.17. The number of hydrogen-bond acceptors (Lipinski definition) is 7. The van der Waals surface area contributed by atoms with Crippen LogP contribution in [0.25, 0.3) is 5.82 Å². The molecule has 1 amide bonds. The number of nitrogens with zero attached hydrogens (tertiary/aromatic N) is 6. The van der Waals surface area contributed by atoms with Crippen molar-refractivity contribution in [2.24, 2.45) is 0 Å². The second kappa shape index (κ2) is 8.23. The van der Waals surface area contributed by atoms with Crippen molar-refractivity contribution >= 4 is 21.7 Å². The number of anilines is 1. The second-order valence-electron chi connectivity index (χ2n) is 5.67. The van der Waals surface area contributed by atoms with E-state index in [0.717, 1.165) is 0 Å². The van der Waals surface area contributed by atoms with E-state index in [1.54, 1.807) is 19.9 Å². The van der Waals surface area contributed by atoms with Gasteiger partial charge in [0, 0.05) is 24.7 Å². The lowest BCUT2D eigenvalue weighted by Gasteiger charge is -2.18. The van der Waals surface area contributed by atoms with Gasteiger partial charge >= 0.3 is 0 Å². The minimum atomic E-state index is -3.57. The Bertz CT molecular complexity index is 1050. The molecule has 1 aromatic carbocycles. The Morgan fingerprint density at radius 3 is 2.43 bits per heavy atom. The van der Waals surface area contributed by atoms with Crippen LogP contribution < -0.4 is 5.32 Å². The molecule has 1 N–H and O–H groups in total. The van der Waals surface area contributed by atoms with Crippen molar-refractivity contribution in [2.45, 2.75) is 18.7 Å². The SMILES string of the molecule is CCN(CC)S(=O)(=O)c1ccc(C(=O)Nc2cc(-n3cncn3)ncn2)cc1. The molecule has 3 rings (SSSR count). The fourth-order valence-electron chi connectivity index (χ4n) is 2.55. The van der Waals surface area contributed by atoms with Crippen LogP contribution >= 0.6 is 0 Å². The summed E-state index contributed by atoms with van der Waals surface area (Å²) < 4.78 is 27.8. The van der Waals surface area contributed by atoms with Crippen molar-refractivity contribution < 1.29 is 13.2 Å². The minimum absolute atomic E-state index is 0.142. The smallest absolute Gasteiger partial charge is 0.256 e. The summed E-state index contributed by atoms with van der Waals surface area (Å²) in [6, 6.07) is 7.31. The quantitative estimate of drug-likeness (QED) is 0.634. The van der Waals surface area contributed by atoms with E-state index < -0.39 is 15.9 Å². The summed E-state index contributed by atoms with van der Waals surface area (Å²) in [5, 5.41) is 6.62. The monoisotopic (exact) mass is 401 g/mol. The molecule has 2 aromatic heterocycles. The van der Waals surface area contributed by atoms with Gasteiger partial charge in [0.1, 0.15) is 24.8 Å². The van der Waals surface area contributed by atoms with Gasteiger partial charge in [-0.1, -0.05) is 13.8 Å². The summed E-state index contributed by atoms with van der Waals surface area (Å²) in [6.45, 7) is 4.31. The van der Waals surface area contributed by atoms with E-state index in [9.17, 15) is 13.2 Å². The minimum Gasteiger partial charge on any atom is -0.306 e. The number of hydrogen-bond donors (Lipinski definition) is 1. The second-order valence-corrected chi connectivity index (χ2v) is 7.61. The number of aromatic nitrogens is 5. The highest BCUT2D eigenvalue weighted by atomic mass is 32.2. The molecule has 0 fully saturated rings. The standard InChI is InChI=1S/C17H19N7O3S/c1-3-23(4-2)28(26,27)14-7-5-13(6-8-14)17(25)22-15-9-16(20-11-19-15)24-12-18-10-21-24/h5-12H,3-4H2,1-2H3,(H,19,20,22,25). The van der Waals surface area contributed by atoms with Crippen molar-refractivity contribution in [1.29, 1.82) is 0 Å². The molecule has 0 saturated carbocycles. The molecule has 0 aliphatic carbocycles. The zero-order valence-corrected chi connectivity index (χ0v) is 16.2. The van der Waals surface area contributed by atoms with E-state index in [2.05, 4.69) is 25.4 Å². The Labute approximate surface area is 162 Å². The van der Waals surface area contributed by atoms with Crippen LogP contribution in [0.5, 0.6) is 0 Å². The van der Waals surface area contributed by atoms with E-state index in [1.807, 2.05) is 0 Å². The summed E-state index contributed by atoms with van der Waals surface area (Å²) in [7, 11) is -3.57. The van der Waals surface area contributed by atoms with Crippen molar-refractivity contribution in [2.75, 3.05) is 18.4 Å². The van der Waals surface area contributed by atoms with Crippen LogP contribution in [0.4, 0.5) is 5.82 Å². The van der Waals surface area contributed by atoms with Gasteiger partial charge in [0.05, 0.1) is 4.90 Å². The third-order valence-electron chi connectivity index (χ3n) is 4.01.